The molecule has 1 aliphatic rings. The Bertz CT molecular complexity index is 1220. The summed E-state index contributed by atoms with van der Waals surface area (Å²) in [6.45, 7) is 6.03. The van der Waals surface area contributed by atoms with Crippen molar-refractivity contribution in [3.8, 4) is 11.8 Å². The van der Waals surface area contributed by atoms with Gasteiger partial charge in [-0.25, -0.2) is 0 Å². The highest BCUT2D eigenvalue weighted by Crippen LogP contribution is 2.31. The van der Waals surface area contributed by atoms with Gasteiger partial charge in [0.25, 0.3) is 0 Å². The zero-order valence-corrected chi connectivity index (χ0v) is 21.3. The highest BCUT2D eigenvalue weighted by atomic mass is 35.5. The summed E-state index contributed by atoms with van der Waals surface area (Å²) in [5, 5.41) is 18.4. The first kappa shape index (κ1) is 25.2. The highest BCUT2D eigenvalue weighted by Gasteiger charge is 2.19. The van der Waals surface area contributed by atoms with Gasteiger partial charge >= 0.3 is 0 Å². The van der Waals surface area contributed by atoms with Gasteiger partial charge in [-0.05, 0) is 68.2 Å². The van der Waals surface area contributed by atoms with Crippen molar-refractivity contribution in [2.24, 2.45) is 0 Å². The maximum absolute atomic E-state index is 9.75. The molecule has 2 N–H and O–H groups in total. The van der Waals surface area contributed by atoms with Crippen LogP contribution in [-0.2, 0) is 24.4 Å². The van der Waals surface area contributed by atoms with Crippen LogP contribution in [0.1, 0.15) is 42.0 Å². The summed E-state index contributed by atoms with van der Waals surface area (Å²) in [4.78, 5) is 7.23. The average molecular weight is 494 g/mol. The Kier molecular flexibility index (Phi) is 8.42. The quantitative estimate of drug-likeness (QED) is 0.408. The number of hydrogen-bond donors (Lipinski definition) is 2. The Morgan fingerprint density at radius 2 is 1.94 bits per heavy atom. The monoisotopic (exact) mass is 493 g/mol. The zero-order valence-electron chi connectivity index (χ0n) is 20.5. The molecule has 1 aromatic heterocycles. The number of nitrogens with zero attached hydrogens (tertiary/aromatic N) is 3. The second-order valence-electron chi connectivity index (χ2n) is 8.86. The maximum Gasteiger partial charge on any atom is 0.137 e. The number of ether oxygens (including phenoxy) is 2. The molecule has 0 amide bonds. The molecule has 0 aliphatic carbocycles. The number of aromatic nitrogens is 1. The summed E-state index contributed by atoms with van der Waals surface area (Å²) in [6, 6.07) is 11.9. The Balaban J connectivity index is 1.66. The van der Waals surface area contributed by atoms with E-state index in [9.17, 15) is 5.26 Å². The molecule has 7 nitrogen and oxygen atoms in total. The van der Waals surface area contributed by atoms with Gasteiger partial charge in [-0.3, -0.25) is 15.2 Å². The third kappa shape index (κ3) is 5.85. The number of nitriles is 1. The second kappa shape index (κ2) is 11.7. The van der Waals surface area contributed by atoms with Crippen LogP contribution in [0.4, 0.5) is 5.69 Å². The molecule has 0 radical (unpaired) electrons. The number of hydrogen-bond acceptors (Lipinski definition) is 7. The molecule has 184 valence electrons. The minimum absolute atomic E-state index is 0.267. The molecule has 1 aliphatic heterocycles. The summed E-state index contributed by atoms with van der Waals surface area (Å²) in [7, 11) is 3.27. The predicted octanol–water partition coefficient (Wildman–Crippen LogP) is 5.06. The first-order valence-electron chi connectivity index (χ1n) is 11.9. The lowest BCUT2D eigenvalue weighted by Crippen LogP contribution is -2.41. The molecule has 4 rings (SSSR count). The van der Waals surface area contributed by atoms with Crippen molar-refractivity contribution in [2.75, 3.05) is 32.6 Å². The molecule has 2 aromatic carbocycles. The fourth-order valence-corrected chi connectivity index (χ4v) is 4.90. The van der Waals surface area contributed by atoms with Crippen LogP contribution in [0.3, 0.4) is 0 Å². The normalized spacial score (nSPS) is 14.7. The van der Waals surface area contributed by atoms with E-state index in [1.54, 1.807) is 14.2 Å². The van der Waals surface area contributed by atoms with Crippen molar-refractivity contribution in [3.63, 3.8) is 0 Å². The fourth-order valence-electron chi connectivity index (χ4n) is 4.62. The standard InChI is InChI=1S/C27H32ClN5O2/c1-18(33-8-4-5-9-33)30-15-21-10-20(13-29)11-23-26(21)32-16-22(17-34-2)27(23)31-14-19-6-7-25(35-3)24(28)12-19/h6-7,10-12,16,18,30H,4-5,8-9,14-15,17H2,1-3H3,(H,31,32). The van der Waals surface area contributed by atoms with Crippen LogP contribution in [0, 0.1) is 11.3 Å². The molecule has 1 unspecified atom stereocenters. The number of anilines is 1. The largest absolute Gasteiger partial charge is 0.495 e. The van der Waals surface area contributed by atoms with Gasteiger partial charge in [-0.1, -0.05) is 17.7 Å². The number of fused-ring (bicyclic) bond motifs is 1. The van der Waals surface area contributed by atoms with Crippen LogP contribution in [0.25, 0.3) is 10.9 Å². The lowest BCUT2D eigenvalue weighted by atomic mass is 10.0. The minimum atomic E-state index is 0.267. The van der Waals surface area contributed by atoms with E-state index < -0.39 is 0 Å². The van der Waals surface area contributed by atoms with Gasteiger partial charge in [0.2, 0.25) is 0 Å². The summed E-state index contributed by atoms with van der Waals surface area (Å²) >= 11 is 6.33. The van der Waals surface area contributed by atoms with Gasteiger partial charge in [0, 0.05) is 37.3 Å². The number of nitrogens with one attached hydrogen (secondary N) is 2. The number of likely N-dealkylation sites (tertiary alicyclic amines) is 1. The van der Waals surface area contributed by atoms with Crippen molar-refractivity contribution >= 4 is 28.2 Å². The van der Waals surface area contributed by atoms with Gasteiger partial charge in [-0.15, -0.1) is 0 Å². The third-order valence-corrected chi connectivity index (χ3v) is 6.81. The van der Waals surface area contributed by atoms with Crippen molar-refractivity contribution in [1.82, 2.24) is 15.2 Å². The van der Waals surface area contributed by atoms with E-state index in [0.29, 0.717) is 36.0 Å². The molecule has 0 spiro atoms. The SMILES string of the molecule is COCc1cnc2c(CNC(C)N3CCCC3)cc(C#N)cc2c1NCc1ccc(OC)c(Cl)c1. The van der Waals surface area contributed by atoms with Crippen molar-refractivity contribution < 1.29 is 9.47 Å². The molecule has 1 saturated heterocycles. The Labute approximate surface area is 212 Å². The number of benzene rings is 2. The van der Waals surface area contributed by atoms with E-state index in [4.69, 9.17) is 26.1 Å². The van der Waals surface area contributed by atoms with Gasteiger partial charge in [0.1, 0.15) is 5.75 Å². The van der Waals surface area contributed by atoms with Crippen LogP contribution >= 0.6 is 11.6 Å². The van der Waals surface area contributed by atoms with Gasteiger partial charge in [0.15, 0.2) is 0 Å². The van der Waals surface area contributed by atoms with Crippen molar-refractivity contribution in [1.29, 1.82) is 5.26 Å². The molecule has 1 fully saturated rings. The molecule has 1 atom stereocenters. The summed E-state index contributed by atoms with van der Waals surface area (Å²) in [5.41, 5.74) is 5.34. The lowest BCUT2D eigenvalue weighted by Gasteiger charge is -2.25. The minimum Gasteiger partial charge on any atom is -0.495 e. The maximum atomic E-state index is 9.75. The first-order valence-corrected chi connectivity index (χ1v) is 12.3. The fraction of sp³-hybridized carbons (Fsp3) is 0.407. The number of halogens is 1. The van der Waals surface area contributed by atoms with Gasteiger partial charge < -0.3 is 14.8 Å². The van der Waals surface area contributed by atoms with E-state index in [1.165, 1.54) is 12.8 Å². The summed E-state index contributed by atoms with van der Waals surface area (Å²) < 4.78 is 10.7. The van der Waals surface area contributed by atoms with Crippen LogP contribution in [0.15, 0.2) is 36.5 Å². The van der Waals surface area contributed by atoms with Crippen LogP contribution in [-0.4, -0.2) is 43.4 Å². The predicted molar refractivity (Wildman–Crippen MR) is 140 cm³/mol. The van der Waals surface area contributed by atoms with Crippen LogP contribution < -0.4 is 15.4 Å². The summed E-state index contributed by atoms with van der Waals surface area (Å²) in [6.07, 6.45) is 4.62. The van der Waals surface area contributed by atoms with E-state index in [1.807, 2.05) is 36.5 Å². The van der Waals surface area contributed by atoms with E-state index >= 15 is 0 Å². The van der Waals surface area contributed by atoms with E-state index in [-0.39, 0.29) is 6.17 Å². The van der Waals surface area contributed by atoms with Crippen LogP contribution in [0.2, 0.25) is 5.02 Å². The van der Waals surface area contributed by atoms with Crippen molar-refractivity contribution in [3.05, 3.63) is 63.8 Å². The Hall–Kier alpha value is -2.89. The second-order valence-corrected chi connectivity index (χ2v) is 9.26. The van der Waals surface area contributed by atoms with Crippen molar-refractivity contribution in [2.45, 2.75) is 45.6 Å². The Morgan fingerprint density at radius 3 is 2.63 bits per heavy atom. The molecule has 0 bridgehead atoms. The van der Waals surface area contributed by atoms with Gasteiger partial charge in [-0.2, -0.15) is 5.26 Å². The smallest absolute Gasteiger partial charge is 0.137 e. The topological polar surface area (TPSA) is 82.4 Å². The van der Waals surface area contributed by atoms with Gasteiger partial charge in [0.05, 0.1) is 47.7 Å². The molecule has 2 heterocycles. The summed E-state index contributed by atoms with van der Waals surface area (Å²) in [5.74, 6) is 0.642. The Morgan fingerprint density at radius 1 is 1.14 bits per heavy atom. The van der Waals surface area contributed by atoms with E-state index in [0.717, 1.165) is 46.4 Å². The number of methoxy groups -OCH3 is 2. The molecular formula is C27H32ClN5O2. The highest BCUT2D eigenvalue weighted by molar-refractivity contribution is 6.32. The first-order chi connectivity index (χ1) is 17.0. The van der Waals surface area contributed by atoms with E-state index in [2.05, 4.69) is 28.5 Å². The number of pyridine rings is 1. The van der Waals surface area contributed by atoms with Crippen LogP contribution in [0.5, 0.6) is 5.75 Å². The molecular weight excluding hydrogens is 462 g/mol. The lowest BCUT2D eigenvalue weighted by molar-refractivity contribution is 0.185. The number of rotatable bonds is 10. The molecule has 3 aromatic rings. The third-order valence-electron chi connectivity index (χ3n) is 6.52. The molecule has 35 heavy (non-hydrogen) atoms. The zero-order chi connectivity index (χ0) is 24.8. The molecule has 0 saturated carbocycles. The molecule has 8 heteroatoms. The average Bonchev–Trinajstić information content (AvgIpc) is 3.41.